The third-order valence-corrected chi connectivity index (χ3v) is 5.56. The summed E-state index contributed by atoms with van der Waals surface area (Å²) >= 11 is 0. The molecule has 1 aliphatic carbocycles. The summed E-state index contributed by atoms with van der Waals surface area (Å²) in [7, 11) is 0. The van der Waals surface area contributed by atoms with Crippen molar-refractivity contribution in [2.45, 2.75) is 40.5 Å². The minimum atomic E-state index is -0.430. The molecular formula is C25H25NO3. The largest absolute Gasteiger partial charge is 0.462 e. The molecule has 0 bridgehead atoms. The first-order valence-electron chi connectivity index (χ1n) is 10.0. The molecule has 0 unspecified atom stereocenters. The van der Waals surface area contributed by atoms with E-state index in [1.54, 1.807) is 6.92 Å². The topological polar surface area (TPSA) is 56.3 Å². The van der Waals surface area contributed by atoms with E-state index in [1.165, 1.54) is 0 Å². The van der Waals surface area contributed by atoms with E-state index < -0.39 is 5.97 Å². The van der Waals surface area contributed by atoms with Crippen LogP contribution in [0.5, 0.6) is 0 Å². The second-order valence-corrected chi connectivity index (χ2v) is 8.46. The first-order valence-corrected chi connectivity index (χ1v) is 10.0. The minimum absolute atomic E-state index is 0.0391. The average molecular weight is 387 g/mol. The number of hydrogen-bond acceptors (Lipinski definition) is 4. The monoisotopic (exact) mass is 387 g/mol. The van der Waals surface area contributed by atoms with E-state index >= 15 is 0 Å². The van der Waals surface area contributed by atoms with Crippen molar-refractivity contribution < 1.29 is 14.3 Å². The second-order valence-electron chi connectivity index (χ2n) is 8.46. The van der Waals surface area contributed by atoms with Crippen LogP contribution in [0.4, 0.5) is 0 Å². The highest BCUT2D eigenvalue weighted by Gasteiger charge is 2.37. The standard InChI is InChI=1S/C25H25NO3/c1-5-29-24(28)21-15(2)26-19-13-25(3,4)14-20(27)23(19)22(21)18-12-8-10-16-9-6-7-11-17(16)18/h6-12H,5,13-14H2,1-4H3. The lowest BCUT2D eigenvalue weighted by atomic mass is 9.73. The number of ketones is 1. The zero-order valence-electron chi connectivity index (χ0n) is 17.3. The van der Waals surface area contributed by atoms with Gasteiger partial charge in [0.1, 0.15) is 0 Å². The molecule has 2 aromatic carbocycles. The van der Waals surface area contributed by atoms with Crippen molar-refractivity contribution in [1.82, 2.24) is 4.98 Å². The van der Waals surface area contributed by atoms with E-state index in [2.05, 4.69) is 13.8 Å². The van der Waals surface area contributed by atoms with Gasteiger partial charge in [-0.2, -0.15) is 0 Å². The number of fused-ring (bicyclic) bond motifs is 2. The molecule has 0 saturated heterocycles. The van der Waals surface area contributed by atoms with Gasteiger partial charge in [-0.15, -0.1) is 0 Å². The number of rotatable bonds is 3. The van der Waals surface area contributed by atoms with Crippen LogP contribution in [0.25, 0.3) is 21.9 Å². The molecule has 0 spiro atoms. The van der Waals surface area contributed by atoms with Gasteiger partial charge in [-0.3, -0.25) is 9.78 Å². The number of Topliss-reactive ketones (excluding diaryl/α,β-unsaturated/α-hetero) is 1. The van der Waals surface area contributed by atoms with Crippen molar-refractivity contribution in [2.75, 3.05) is 6.61 Å². The minimum Gasteiger partial charge on any atom is -0.462 e. The van der Waals surface area contributed by atoms with E-state index in [1.807, 2.05) is 49.4 Å². The molecular weight excluding hydrogens is 362 g/mol. The molecule has 3 aromatic rings. The first-order chi connectivity index (χ1) is 13.8. The zero-order valence-corrected chi connectivity index (χ0v) is 17.3. The van der Waals surface area contributed by atoms with Crippen LogP contribution in [0.2, 0.25) is 0 Å². The lowest BCUT2D eigenvalue weighted by molar-refractivity contribution is 0.0526. The highest BCUT2D eigenvalue weighted by atomic mass is 16.5. The molecule has 0 N–H and O–H groups in total. The van der Waals surface area contributed by atoms with Gasteiger partial charge in [-0.25, -0.2) is 4.79 Å². The molecule has 4 nitrogen and oxygen atoms in total. The van der Waals surface area contributed by atoms with Gasteiger partial charge in [0, 0.05) is 17.5 Å². The van der Waals surface area contributed by atoms with Crippen LogP contribution in [0.1, 0.15) is 59.3 Å². The number of aromatic nitrogens is 1. The molecule has 0 radical (unpaired) electrons. The normalized spacial score (nSPS) is 15.2. The zero-order chi connectivity index (χ0) is 20.8. The van der Waals surface area contributed by atoms with Gasteiger partial charge < -0.3 is 4.74 Å². The molecule has 29 heavy (non-hydrogen) atoms. The van der Waals surface area contributed by atoms with Gasteiger partial charge in [0.05, 0.1) is 23.6 Å². The first kappa shape index (κ1) is 19.3. The van der Waals surface area contributed by atoms with Crippen molar-refractivity contribution in [3.63, 3.8) is 0 Å². The molecule has 1 heterocycles. The van der Waals surface area contributed by atoms with E-state index in [-0.39, 0.29) is 17.8 Å². The van der Waals surface area contributed by atoms with Crippen molar-refractivity contribution in [3.05, 3.63) is 65.0 Å². The number of nitrogens with zero attached hydrogens (tertiary/aromatic N) is 1. The summed E-state index contributed by atoms with van der Waals surface area (Å²) in [4.78, 5) is 30.9. The van der Waals surface area contributed by atoms with Crippen molar-refractivity contribution in [2.24, 2.45) is 5.41 Å². The van der Waals surface area contributed by atoms with Gasteiger partial charge in [-0.1, -0.05) is 56.3 Å². The third kappa shape index (κ3) is 3.33. The van der Waals surface area contributed by atoms with Gasteiger partial charge in [0.15, 0.2) is 5.78 Å². The van der Waals surface area contributed by atoms with Crippen molar-refractivity contribution in [1.29, 1.82) is 0 Å². The van der Waals surface area contributed by atoms with Gasteiger partial charge >= 0.3 is 5.97 Å². The maximum atomic E-state index is 13.3. The highest BCUT2D eigenvalue weighted by molar-refractivity contribution is 6.13. The Labute approximate surface area is 170 Å². The summed E-state index contributed by atoms with van der Waals surface area (Å²) in [5.74, 6) is -0.391. The van der Waals surface area contributed by atoms with E-state index in [0.29, 0.717) is 35.2 Å². The molecule has 0 aliphatic heterocycles. The molecule has 0 amide bonds. The Hall–Kier alpha value is -3.01. The lowest BCUT2D eigenvalue weighted by Gasteiger charge is -2.32. The van der Waals surface area contributed by atoms with E-state index in [0.717, 1.165) is 22.0 Å². The Morgan fingerprint density at radius 1 is 1.07 bits per heavy atom. The van der Waals surface area contributed by atoms with Crippen LogP contribution in [0.3, 0.4) is 0 Å². The van der Waals surface area contributed by atoms with Crippen LogP contribution in [0, 0.1) is 12.3 Å². The predicted molar refractivity (Wildman–Crippen MR) is 114 cm³/mol. The smallest absolute Gasteiger partial charge is 0.340 e. The van der Waals surface area contributed by atoms with Crippen LogP contribution in [-0.2, 0) is 11.2 Å². The van der Waals surface area contributed by atoms with Crippen molar-refractivity contribution in [3.8, 4) is 11.1 Å². The fourth-order valence-electron chi connectivity index (χ4n) is 4.40. The Morgan fingerprint density at radius 3 is 2.55 bits per heavy atom. The van der Waals surface area contributed by atoms with Gasteiger partial charge in [0.2, 0.25) is 0 Å². The number of pyridine rings is 1. The quantitative estimate of drug-likeness (QED) is 0.554. The maximum Gasteiger partial charge on any atom is 0.340 e. The summed E-state index contributed by atoms with van der Waals surface area (Å²) in [6.07, 6.45) is 1.14. The Morgan fingerprint density at radius 2 is 1.79 bits per heavy atom. The van der Waals surface area contributed by atoms with E-state index in [9.17, 15) is 9.59 Å². The summed E-state index contributed by atoms with van der Waals surface area (Å²) in [6.45, 7) is 8.05. The van der Waals surface area contributed by atoms with E-state index in [4.69, 9.17) is 9.72 Å². The molecule has 0 atom stereocenters. The molecule has 148 valence electrons. The molecule has 1 aromatic heterocycles. The summed E-state index contributed by atoms with van der Waals surface area (Å²) in [5, 5.41) is 2.07. The fraction of sp³-hybridized carbons (Fsp3) is 0.320. The number of aryl methyl sites for hydroxylation is 1. The summed E-state index contributed by atoms with van der Waals surface area (Å²) < 4.78 is 5.36. The van der Waals surface area contributed by atoms with Crippen LogP contribution in [-0.4, -0.2) is 23.3 Å². The number of esters is 1. The number of ether oxygens (including phenoxy) is 1. The molecule has 0 fully saturated rings. The summed E-state index contributed by atoms with van der Waals surface area (Å²) in [6, 6.07) is 14.0. The molecule has 1 aliphatic rings. The summed E-state index contributed by atoms with van der Waals surface area (Å²) in [5.41, 5.74) is 3.76. The Kier molecular flexibility index (Phi) is 4.73. The number of carbonyl (C=O) groups excluding carboxylic acids is 2. The predicted octanol–water partition coefficient (Wildman–Crippen LogP) is 5.54. The fourth-order valence-corrected chi connectivity index (χ4v) is 4.40. The average Bonchev–Trinajstić information content (AvgIpc) is 2.65. The van der Waals surface area contributed by atoms with Gasteiger partial charge in [0.25, 0.3) is 0 Å². The van der Waals surface area contributed by atoms with Crippen LogP contribution < -0.4 is 0 Å². The number of hydrogen-bond donors (Lipinski definition) is 0. The maximum absolute atomic E-state index is 13.3. The van der Waals surface area contributed by atoms with Gasteiger partial charge in [-0.05, 0) is 42.0 Å². The van der Waals surface area contributed by atoms with Crippen LogP contribution in [0.15, 0.2) is 42.5 Å². The molecule has 0 saturated carbocycles. The number of carbonyl (C=O) groups is 2. The van der Waals surface area contributed by atoms with Crippen LogP contribution >= 0.6 is 0 Å². The second kappa shape index (κ2) is 7.11. The highest BCUT2D eigenvalue weighted by Crippen LogP contribution is 2.42. The molecule has 4 rings (SSSR count). The molecule has 4 heteroatoms. The third-order valence-electron chi connectivity index (χ3n) is 5.56. The number of benzene rings is 2. The van der Waals surface area contributed by atoms with Crippen molar-refractivity contribution >= 4 is 22.5 Å². The Balaban J connectivity index is 2.12. The lowest BCUT2D eigenvalue weighted by Crippen LogP contribution is -2.30. The Bertz CT molecular complexity index is 1140. The SMILES string of the molecule is CCOC(=O)c1c(C)nc2c(c1-c1cccc3ccccc13)C(=O)CC(C)(C)C2.